The number of carbonyl (C=O) groups is 2. The summed E-state index contributed by atoms with van der Waals surface area (Å²) in [6.45, 7) is 4.02. The summed E-state index contributed by atoms with van der Waals surface area (Å²) in [5, 5.41) is 3.09. The second kappa shape index (κ2) is 9.68. The average Bonchev–Trinajstić information content (AvgIpc) is 3.20. The van der Waals surface area contributed by atoms with E-state index in [4.69, 9.17) is 0 Å². The number of amides is 2. The van der Waals surface area contributed by atoms with E-state index in [0.717, 1.165) is 42.4 Å². The van der Waals surface area contributed by atoms with Gasteiger partial charge in [0.1, 0.15) is 11.9 Å². The molecule has 154 valence electrons. The van der Waals surface area contributed by atoms with Gasteiger partial charge in [-0.25, -0.2) is 4.39 Å². The lowest BCUT2D eigenvalue weighted by Gasteiger charge is -2.30. The molecule has 1 aliphatic carbocycles. The zero-order chi connectivity index (χ0) is 20.8. The van der Waals surface area contributed by atoms with Gasteiger partial charge in [0.25, 0.3) is 0 Å². The van der Waals surface area contributed by atoms with Gasteiger partial charge >= 0.3 is 0 Å². The number of aryl methyl sites for hydroxylation is 1. The van der Waals surface area contributed by atoms with Crippen LogP contribution in [0.4, 0.5) is 4.39 Å². The van der Waals surface area contributed by atoms with E-state index in [1.807, 2.05) is 31.2 Å². The number of carbonyl (C=O) groups excluding carboxylic acids is 2. The van der Waals surface area contributed by atoms with E-state index in [1.165, 1.54) is 12.1 Å². The molecule has 1 N–H and O–H groups in total. The predicted molar refractivity (Wildman–Crippen MR) is 112 cm³/mol. The summed E-state index contributed by atoms with van der Waals surface area (Å²) in [7, 11) is 0. The Morgan fingerprint density at radius 1 is 1.10 bits per heavy atom. The summed E-state index contributed by atoms with van der Waals surface area (Å²) in [5.74, 6) is -0.566. The van der Waals surface area contributed by atoms with Gasteiger partial charge in [0.05, 0.1) is 6.42 Å². The summed E-state index contributed by atoms with van der Waals surface area (Å²) in [6.07, 6.45) is 4.47. The summed E-state index contributed by atoms with van der Waals surface area (Å²) < 4.78 is 13.3. The van der Waals surface area contributed by atoms with Gasteiger partial charge in [-0.2, -0.15) is 0 Å². The molecule has 1 atom stereocenters. The fourth-order valence-corrected chi connectivity index (χ4v) is 3.86. The van der Waals surface area contributed by atoms with Crippen molar-refractivity contribution in [3.05, 3.63) is 71.0 Å². The van der Waals surface area contributed by atoms with Crippen molar-refractivity contribution in [2.45, 2.75) is 64.6 Å². The number of benzene rings is 2. The lowest BCUT2D eigenvalue weighted by Crippen LogP contribution is -2.50. The van der Waals surface area contributed by atoms with Crippen LogP contribution >= 0.6 is 0 Å². The Labute approximate surface area is 172 Å². The van der Waals surface area contributed by atoms with Crippen LogP contribution < -0.4 is 5.32 Å². The topological polar surface area (TPSA) is 49.4 Å². The number of rotatable bonds is 7. The molecule has 0 spiro atoms. The molecule has 0 radical (unpaired) electrons. The van der Waals surface area contributed by atoms with Crippen molar-refractivity contribution in [3.8, 4) is 0 Å². The SMILES string of the molecule is Cc1cccc(CC(=O)N(Cc2ccc(F)cc2)[C@H](C)C(=O)NC2CCCC2)c1. The van der Waals surface area contributed by atoms with Gasteiger partial charge in [-0.1, -0.05) is 54.8 Å². The van der Waals surface area contributed by atoms with Gasteiger partial charge in [0, 0.05) is 12.6 Å². The fraction of sp³-hybridized carbons (Fsp3) is 0.417. The van der Waals surface area contributed by atoms with Crippen molar-refractivity contribution < 1.29 is 14.0 Å². The largest absolute Gasteiger partial charge is 0.352 e. The number of halogens is 1. The fourth-order valence-electron chi connectivity index (χ4n) is 3.86. The summed E-state index contributed by atoms with van der Waals surface area (Å²) in [5.41, 5.74) is 2.81. The number of nitrogens with zero attached hydrogens (tertiary/aromatic N) is 1. The molecule has 4 nitrogen and oxygen atoms in total. The second-order valence-electron chi connectivity index (χ2n) is 7.98. The lowest BCUT2D eigenvalue weighted by atomic mass is 10.1. The molecule has 2 aromatic rings. The molecule has 0 aliphatic heterocycles. The van der Waals surface area contributed by atoms with Crippen LogP contribution in [0.2, 0.25) is 0 Å². The average molecular weight is 397 g/mol. The van der Waals surface area contributed by atoms with E-state index in [2.05, 4.69) is 5.32 Å². The van der Waals surface area contributed by atoms with E-state index in [9.17, 15) is 14.0 Å². The minimum absolute atomic E-state index is 0.117. The Bertz CT molecular complexity index is 844. The molecule has 5 heteroatoms. The third-order valence-corrected chi connectivity index (χ3v) is 5.57. The monoisotopic (exact) mass is 396 g/mol. The van der Waals surface area contributed by atoms with Crippen molar-refractivity contribution in [3.63, 3.8) is 0 Å². The minimum atomic E-state index is -0.599. The van der Waals surface area contributed by atoms with Crippen molar-refractivity contribution in [2.24, 2.45) is 0 Å². The maximum Gasteiger partial charge on any atom is 0.242 e. The van der Waals surface area contributed by atoms with Crippen molar-refractivity contribution in [2.75, 3.05) is 0 Å². The first-order chi connectivity index (χ1) is 13.9. The van der Waals surface area contributed by atoms with Gasteiger partial charge < -0.3 is 10.2 Å². The molecule has 3 rings (SSSR count). The maximum absolute atomic E-state index is 13.3. The standard InChI is InChI=1S/C24H29FN2O2/c1-17-6-5-7-20(14-17)15-23(28)27(16-19-10-12-21(25)13-11-19)18(2)24(29)26-22-8-3-4-9-22/h5-7,10-14,18,22H,3-4,8-9,15-16H2,1-2H3,(H,26,29)/t18-/m1/s1. The van der Waals surface area contributed by atoms with E-state index < -0.39 is 6.04 Å². The normalized spacial score (nSPS) is 15.1. The molecule has 29 heavy (non-hydrogen) atoms. The van der Waals surface area contributed by atoms with Crippen LogP contribution in [0.3, 0.4) is 0 Å². The van der Waals surface area contributed by atoms with Gasteiger partial charge in [-0.3, -0.25) is 9.59 Å². The quantitative estimate of drug-likeness (QED) is 0.764. The first-order valence-electron chi connectivity index (χ1n) is 10.3. The molecule has 0 aromatic heterocycles. The molecular weight excluding hydrogens is 367 g/mol. The Kier molecular flexibility index (Phi) is 7.02. The lowest BCUT2D eigenvalue weighted by molar-refractivity contribution is -0.140. The van der Waals surface area contributed by atoms with Gasteiger partial charge in [0.2, 0.25) is 11.8 Å². The summed E-state index contributed by atoms with van der Waals surface area (Å²) in [6, 6.07) is 13.5. The first-order valence-corrected chi connectivity index (χ1v) is 10.3. The zero-order valence-electron chi connectivity index (χ0n) is 17.2. The van der Waals surface area contributed by atoms with Crippen LogP contribution in [-0.2, 0) is 22.6 Å². The molecule has 2 aromatic carbocycles. The summed E-state index contributed by atoms with van der Waals surface area (Å²) >= 11 is 0. The van der Waals surface area contributed by atoms with Gasteiger partial charge in [-0.05, 0) is 49.9 Å². The second-order valence-corrected chi connectivity index (χ2v) is 7.98. The highest BCUT2D eigenvalue weighted by molar-refractivity contribution is 5.88. The van der Waals surface area contributed by atoms with E-state index in [-0.39, 0.29) is 36.6 Å². The molecule has 0 bridgehead atoms. The van der Waals surface area contributed by atoms with E-state index >= 15 is 0 Å². The highest BCUT2D eigenvalue weighted by atomic mass is 19.1. The Morgan fingerprint density at radius 2 is 1.79 bits per heavy atom. The highest BCUT2D eigenvalue weighted by Crippen LogP contribution is 2.19. The van der Waals surface area contributed by atoms with Gasteiger partial charge in [-0.15, -0.1) is 0 Å². The summed E-state index contributed by atoms with van der Waals surface area (Å²) in [4.78, 5) is 27.6. The van der Waals surface area contributed by atoms with Crippen LogP contribution in [-0.4, -0.2) is 28.8 Å². The van der Waals surface area contributed by atoms with Crippen LogP contribution in [0.25, 0.3) is 0 Å². The Balaban J connectivity index is 1.76. The molecule has 0 saturated heterocycles. The van der Waals surface area contributed by atoms with Crippen LogP contribution in [0.5, 0.6) is 0 Å². The predicted octanol–water partition coefficient (Wildman–Crippen LogP) is 4.15. The molecule has 1 aliphatic rings. The molecule has 0 unspecified atom stereocenters. The van der Waals surface area contributed by atoms with Crippen molar-refractivity contribution in [1.29, 1.82) is 0 Å². The number of nitrogens with one attached hydrogen (secondary N) is 1. The Hall–Kier alpha value is -2.69. The van der Waals surface area contributed by atoms with Crippen LogP contribution in [0.15, 0.2) is 48.5 Å². The zero-order valence-corrected chi connectivity index (χ0v) is 17.2. The maximum atomic E-state index is 13.3. The molecule has 1 fully saturated rings. The van der Waals surface area contributed by atoms with E-state index in [1.54, 1.807) is 24.0 Å². The number of hydrogen-bond acceptors (Lipinski definition) is 2. The van der Waals surface area contributed by atoms with Crippen LogP contribution in [0.1, 0.15) is 49.3 Å². The molecular formula is C24H29FN2O2. The Morgan fingerprint density at radius 3 is 2.45 bits per heavy atom. The third kappa shape index (κ3) is 5.89. The van der Waals surface area contributed by atoms with Crippen LogP contribution in [0, 0.1) is 12.7 Å². The highest BCUT2D eigenvalue weighted by Gasteiger charge is 2.28. The minimum Gasteiger partial charge on any atom is -0.352 e. The number of hydrogen-bond donors (Lipinski definition) is 1. The first kappa shape index (κ1) is 21.0. The molecule has 1 saturated carbocycles. The molecule has 2 amide bonds. The van der Waals surface area contributed by atoms with E-state index in [0.29, 0.717) is 0 Å². The van der Waals surface area contributed by atoms with Crippen molar-refractivity contribution in [1.82, 2.24) is 10.2 Å². The third-order valence-electron chi connectivity index (χ3n) is 5.57. The van der Waals surface area contributed by atoms with Crippen molar-refractivity contribution >= 4 is 11.8 Å². The molecule has 0 heterocycles. The smallest absolute Gasteiger partial charge is 0.242 e. The van der Waals surface area contributed by atoms with Gasteiger partial charge in [0.15, 0.2) is 0 Å².